The summed E-state index contributed by atoms with van der Waals surface area (Å²) >= 11 is 1.26. The van der Waals surface area contributed by atoms with Crippen molar-refractivity contribution in [2.75, 3.05) is 13.6 Å². The van der Waals surface area contributed by atoms with Crippen LogP contribution in [0.1, 0.15) is 5.69 Å². The van der Waals surface area contributed by atoms with E-state index in [-0.39, 0.29) is 22.8 Å². The van der Waals surface area contributed by atoms with Gasteiger partial charge in [0.1, 0.15) is 19.0 Å². The van der Waals surface area contributed by atoms with Gasteiger partial charge in [-0.25, -0.2) is 17.8 Å². The van der Waals surface area contributed by atoms with Crippen molar-refractivity contribution in [2.45, 2.75) is 11.5 Å². The van der Waals surface area contributed by atoms with Gasteiger partial charge >= 0.3 is 5.97 Å². The van der Waals surface area contributed by atoms with Crippen LogP contribution in [0.2, 0.25) is 0 Å². The second kappa shape index (κ2) is 7.55. The highest BCUT2D eigenvalue weighted by molar-refractivity contribution is 7.89. The van der Waals surface area contributed by atoms with Gasteiger partial charge in [-0.3, -0.25) is 14.0 Å². The van der Waals surface area contributed by atoms with Crippen LogP contribution in [0, 0.1) is 5.82 Å². The van der Waals surface area contributed by atoms with Crippen molar-refractivity contribution >= 4 is 32.3 Å². The molecule has 0 unspecified atom stereocenters. The molecule has 0 fully saturated rings. The molecule has 27 heavy (non-hydrogen) atoms. The number of rotatable bonds is 6. The number of hydrogen-bond acceptors (Lipinski definition) is 7. The molecule has 3 rings (SSSR count). The first-order valence-electron chi connectivity index (χ1n) is 7.61. The highest BCUT2D eigenvalue weighted by Gasteiger charge is 2.23. The maximum absolute atomic E-state index is 12.9. The van der Waals surface area contributed by atoms with E-state index >= 15 is 0 Å². The Labute approximate surface area is 157 Å². The summed E-state index contributed by atoms with van der Waals surface area (Å²) in [5.41, 5.74) is -0.0388. The molecule has 142 valence electrons. The fourth-order valence-corrected chi connectivity index (χ4v) is 4.07. The Kier molecular flexibility index (Phi) is 5.35. The molecule has 1 aromatic carbocycles. The molecule has 0 saturated carbocycles. The number of benzene rings is 1. The molecule has 0 amide bonds. The monoisotopic (exact) mass is 411 g/mol. The molecule has 0 bridgehead atoms. The Balaban J connectivity index is 1.64. The SMILES string of the molecule is CN(CC(=O)OCc1cc(=O)n2ccsc2n1)S(=O)(=O)c1ccc(F)cc1. The Hall–Kier alpha value is -2.63. The fraction of sp³-hybridized carbons (Fsp3) is 0.188. The minimum absolute atomic E-state index is 0.142. The third kappa shape index (κ3) is 4.21. The van der Waals surface area contributed by atoms with Gasteiger partial charge in [-0.2, -0.15) is 4.31 Å². The Morgan fingerprint density at radius 2 is 2.04 bits per heavy atom. The molecular formula is C16H14FN3O5S2. The van der Waals surface area contributed by atoms with E-state index in [9.17, 15) is 22.4 Å². The molecule has 3 aromatic rings. The number of aromatic nitrogens is 2. The smallest absolute Gasteiger partial charge is 0.321 e. The third-order valence-corrected chi connectivity index (χ3v) is 6.19. The van der Waals surface area contributed by atoms with Crippen LogP contribution in [0.4, 0.5) is 4.39 Å². The first-order valence-corrected chi connectivity index (χ1v) is 9.92. The van der Waals surface area contributed by atoms with Gasteiger partial charge in [-0.1, -0.05) is 0 Å². The van der Waals surface area contributed by atoms with Crippen LogP contribution in [-0.2, 0) is 26.2 Å². The number of carbonyl (C=O) groups excluding carboxylic acids is 1. The van der Waals surface area contributed by atoms with Gasteiger partial charge in [0.05, 0.1) is 10.6 Å². The maximum Gasteiger partial charge on any atom is 0.321 e. The summed E-state index contributed by atoms with van der Waals surface area (Å²) in [6, 6.07) is 5.50. The van der Waals surface area contributed by atoms with Crippen molar-refractivity contribution < 1.29 is 22.3 Å². The number of fused-ring (bicyclic) bond motifs is 1. The summed E-state index contributed by atoms with van der Waals surface area (Å²) in [5, 5.41) is 1.70. The van der Waals surface area contributed by atoms with E-state index in [0.29, 0.717) is 4.96 Å². The first-order chi connectivity index (χ1) is 12.8. The van der Waals surface area contributed by atoms with Gasteiger partial charge in [0.25, 0.3) is 5.56 Å². The molecule has 11 heteroatoms. The van der Waals surface area contributed by atoms with Crippen LogP contribution in [0.3, 0.4) is 0 Å². The molecule has 2 aromatic heterocycles. The summed E-state index contributed by atoms with van der Waals surface area (Å²) in [4.78, 5) is 28.3. The molecular weight excluding hydrogens is 397 g/mol. The van der Waals surface area contributed by atoms with E-state index in [1.807, 2.05) is 0 Å². The van der Waals surface area contributed by atoms with Crippen LogP contribution in [-0.4, -0.2) is 41.7 Å². The predicted octanol–water partition coefficient (Wildman–Crippen LogP) is 1.26. The normalized spacial score (nSPS) is 11.8. The van der Waals surface area contributed by atoms with Gasteiger partial charge in [-0.05, 0) is 24.3 Å². The molecule has 0 N–H and O–H groups in total. The van der Waals surface area contributed by atoms with Crippen molar-refractivity contribution in [2.24, 2.45) is 0 Å². The zero-order valence-corrected chi connectivity index (χ0v) is 15.7. The largest absolute Gasteiger partial charge is 0.458 e. The third-order valence-electron chi connectivity index (χ3n) is 3.61. The van der Waals surface area contributed by atoms with E-state index in [4.69, 9.17) is 4.74 Å². The fourth-order valence-electron chi connectivity index (χ4n) is 2.22. The number of halogens is 1. The average Bonchev–Trinajstić information content (AvgIpc) is 3.09. The second-order valence-electron chi connectivity index (χ2n) is 5.52. The zero-order valence-electron chi connectivity index (χ0n) is 14.0. The predicted molar refractivity (Wildman–Crippen MR) is 95.4 cm³/mol. The molecule has 0 aliphatic heterocycles. The number of likely N-dealkylation sites (N-methyl/N-ethyl adjacent to an activating group) is 1. The number of nitrogens with zero attached hydrogens (tertiary/aromatic N) is 3. The van der Waals surface area contributed by atoms with Gasteiger partial charge in [0, 0.05) is 24.7 Å². The van der Waals surface area contributed by atoms with Gasteiger partial charge in [0.15, 0.2) is 4.96 Å². The van der Waals surface area contributed by atoms with Crippen LogP contribution in [0.5, 0.6) is 0 Å². The lowest BCUT2D eigenvalue weighted by atomic mass is 10.4. The van der Waals surface area contributed by atoms with E-state index < -0.39 is 28.4 Å². The maximum atomic E-state index is 12.9. The van der Waals surface area contributed by atoms with Crippen molar-refractivity contribution in [3.63, 3.8) is 0 Å². The molecule has 0 spiro atoms. The van der Waals surface area contributed by atoms with Crippen LogP contribution in [0.15, 0.2) is 51.6 Å². The highest BCUT2D eigenvalue weighted by atomic mass is 32.2. The van der Waals surface area contributed by atoms with E-state index in [0.717, 1.165) is 28.6 Å². The zero-order chi connectivity index (χ0) is 19.6. The Morgan fingerprint density at radius 3 is 2.74 bits per heavy atom. The highest BCUT2D eigenvalue weighted by Crippen LogP contribution is 2.15. The summed E-state index contributed by atoms with van der Waals surface area (Å²) in [7, 11) is -2.75. The lowest BCUT2D eigenvalue weighted by Gasteiger charge is -2.16. The minimum Gasteiger partial charge on any atom is -0.458 e. The lowest BCUT2D eigenvalue weighted by molar-refractivity contribution is -0.145. The summed E-state index contributed by atoms with van der Waals surface area (Å²) in [6.45, 7) is -0.799. The van der Waals surface area contributed by atoms with Gasteiger partial charge < -0.3 is 4.74 Å². The second-order valence-corrected chi connectivity index (χ2v) is 8.43. The number of sulfonamides is 1. The molecule has 0 atom stereocenters. The molecule has 0 saturated heterocycles. The Bertz CT molecular complexity index is 1140. The van der Waals surface area contributed by atoms with Crippen LogP contribution < -0.4 is 5.56 Å². The number of carbonyl (C=O) groups is 1. The molecule has 0 aliphatic carbocycles. The summed E-state index contributed by atoms with van der Waals surface area (Å²) < 4.78 is 44.8. The van der Waals surface area contributed by atoms with E-state index in [1.165, 1.54) is 28.9 Å². The number of thiazole rings is 1. The number of esters is 1. The van der Waals surface area contributed by atoms with Crippen molar-refractivity contribution in [3.8, 4) is 0 Å². The van der Waals surface area contributed by atoms with Crippen molar-refractivity contribution in [1.82, 2.24) is 13.7 Å². The van der Waals surface area contributed by atoms with E-state index in [2.05, 4.69) is 4.98 Å². The average molecular weight is 411 g/mol. The first kappa shape index (κ1) is 19.1. The lowest BCUT2D eigenvalue weighted by Crippen LogP contribution is -2.33. The quantitative estimate of drug-likeness (QED) is 0.567. The Morgan fingerprint density at radius 1 is 1.33 bits per heavy atom. The van der Waals surface area contributed by atoms with Crippen molar-refractivity contribution in [3.05, 3.63) is 63.8 Å². The molecule has 2 heterocycles. The number of hydrogen-bond donors (Lipinski definition) is 0. The summed E-state index contributed by atoms with van der Waals surface area (Å²) in [6.07, 6.45) is 1.58. The molecule has 0 aliphatic rings. The van der Waals surface area contributed by atoms with Crippen LogP contribution in [0.25, 0.3) is 4.96 Å². The number of ether oxygens (including phenoxy) is 1. The van der Waals surface area contributed by atoms with E-state index in [1.54, 1.807) is 11.6 Å². The topological polar surface area (TPSA) is 98.0 Å². The van der Waals surface area contributed by atoms with Crippen molar-refractivity contribution in [1.29, 1.82) is 0 Å². The standard InChI is InChI=1S/C16H14FN3O5S2/c1-19(27(23,24)13-4-2-11(17)3-5-13)9-15(22)25-10-12-8-14(21)20-6-7-26-16(20)18-12/h2-8H,9-10H2,1H3. The minimum atomic E-state index is -3.96. The van der Waals surface area contributed by atoms with Crippen LogP contribution >= 0.6 is 11.3 Å². The molecule has 0 radical (unpaired) electrons. The summed E-state index contributed by atoms with van der Waals surface area (Å²) in [5.74, 6) is -1.38. The van der Waals surface area contributed by atoms with Gasteiger partial charge in [0.2, 0.25) is 10.0 Å². The van der Waals surface area contributed by atoms with Gasteiger partial charge in [-0.15, -0.1) is 11.3 Å². The molecule has 8 nitrogen and oxygen atoms in total.